The van der Waals surface area contributed by atoms with Gasteiger partial charge in [-0.2, -0.15) is 5.10 Å². The summed E-state index contributed by atoms with van der Waals surface area (Å²) < 4.78 is 1.95. The molecular weight excluding hydrogens is 258 g/mol. The van der Waals surface area contributed by atoms with Crippen LogP contribution in [0.15, 0.2) is 42.7 Å². The van der Waals surface area contributed by atoms with Crippen molar-refractivity contribution in [2.45, 2.75) is 45.7 Å². The zero-order valence-corrected chi connectivity index (χ0v) is 13.0. The molecule has 3 unspecified atom stereocenters. The van der Waals surface area contributed by atoms with Crippen LogP contribution in [0.3, 0.4) is 0 Å². The molecule has 1 saturated carbocycles. The number of nitrogens with one attached hydrogen (secondary N) is 1. The van der Waals surface area contributed by atoms with Crippen LogP contribution < -0.4 is 5.32 Å². The highest BCUT2D eigenvalue weighted by molar-refractivity contribution is 5.45. The normalized spacial score (nSPS) is 25.7. The molecule has 0 bridgehead atoms. The number of aromatic nitrogens is 2. The maximum atomic E-state index is 4.25. The Labute approximate surface area is 127 Å². The van der Waals surface area contributed by atoms with Crippen molar-refractivity contribution in [2.24, 2.45) is 11.8 Å². The second-order valence-corrected chi connectivity index (χ2v) is 6.55. The smallest absolute Gasteiger partial charge is 0.0659 e. The van der Waals surface area contributed by atoms with Crippen LogP contribution >= 0.6 is 0 Å². The maximum absolute atomic E-state index is 4.25. The topological polar surface area (TPSA) is 29.9 Å². The molecule has 1 fully saturated rings. The molecular formula is C18H25N3. The molecule has 21 heavy (non-hydrogen) atoms. The lowest BCUT2D eigenvalue weighted by atomic mass is 9.80. The standard InChI is InChI=1S/C18H25N3/c1-14-4-9-18(15(2)12-14)20-17-7-5-16(6-8-17)13-21-11-3-10-19-21/h3,5-8,10-11,14-15,18,20H,4,9,12-13H2,1-2H3. The SMILES string of the molecule is CC1CCC(Nc2ccc(Cn3cccn3)cc2)C(C)C1. The summed E-state index contributed by atoms with van der Waals surface area (Å²) in [4.78, 5) is 0. The van der Waals surface area contributed by atoms with Gasteiger partial charge in [0, 0.05) is 24.1 Å². The Kier molecular flexibility index (Phi) is 4.28. The van der Waals surface area contributed by atoms with Crippen molar-refractivity contribution in [3.8, 4) is 0 Å². The van der Waals surface area contributed by atoms with Crippen LogP contribution in [0.25, 0.3) is 0 Å². The first-order chi connectivity index (χ1) is 10.2. The number of benzene rings is 1. The van der Waals surface area contributed by atoms with Gasteiger partial charge in [0.1, 0.15) is 0 Å². The van der Waals surface area contributed by atoms with Crippen molar-refractivity contribution >= 4 is 5.69 Å². The number of hydrogen-bond donors (Lipinski definition) is 1. The van der Waals surface area contributed by atoms with Gasteiger partial charge in [-0.05, 0) is 54.9 Å². The van der Waals surface area contributed by atoms with E-state index in [9.17, 15) is 0 Å². The minimum Gasteiger partial charge on any atom is -0.382 e. The Hall–Kier alpha value is -1.77. The minimum absolute atomic E-state index is 0.623. The zero-order chi connectivity index (χ0) is 14.7. The zero-order valence-electron chi connectivity index (χ0n) is 13.0. The molecule has 3 heteroatoms. The van der Waals surface area contributed by atoms with E-state index in [0.717, 1.165) is 18.4 Å². The fourth-order valence-electron chi connectivity index (χ4n) is 3.38. The Morgan fingerprint density at radius 1 is 1.19 bits per heavy atom. The fraction of sp³-hybridized carbons (Fsp3) is 0.500. The Balaban J connectivity index is 1.59. The minimum atomic E-state index is 0.623. The lowest BCUT2D eigenvalue weighted by Crippen LogP contribution is -2.32. The quantitative estimate of drug-likeness (QED) is 0.912. The number of nitrogens with zero attached hydrogens (tertiary/aromatic N) is 2. The third-order valence-corrected chi connectivity index (χ3v) is 4.64. The molecule has 0 saturated heterocycles. The van der Waals surface area contributed by atoms with Gasteiger partial charge in [-0.1, -0.05) is 26.0 Å². The molecule has 3 nitrogen and oxygen atoms in total. The molecule has 2 aromatic rings. The molecule has 1 aliphatic carbocycles. The van der Waals surface area contributed by atoms with Gasteiger partial charge >= 0.3 is 0 Å². The van der Waals surface area contributed by atoms with Gasteiger partial charge in [0.15, 0.2) is 0 Å². The molecule has 1 aromatic carbocycles. The van der Waals surface area contributed by atoms with Crippen molar-refractivity contribution in [2.75, 3.05) is 5.32 Å². The van der Waals surface area contributed by atoms with Crippen LogP contribution in [-0.2, 0) is 6.54 Å². The Bertz CT molecular complexity index is 544. The number of anilines is 1. The van der Waals surface area contributed by atoms with Gasteiger partial charge in [-0.3, -0.25) is 4.68 Å². The summed E-state index contributed by atoms with van der Waals surface area (Å²) in [6.45, 7) is 5.58. The molecule has 0 spiro atoms. The van der Waals surface area contributed by atoms with E-state index in [0.29, 0.717) is 6.04 Å². The highest BCUT2D eigenvalue weighted by atomic mass is 15.3. The van der Waals surface area contributed by atoms with Crippen molar-refractivity contribution in [3.05, 3.63) is 48.3 Å². The van der Waals surface area contributed by atoms with E-state index >= 15 is 0 Å². The van der Waals surface area contributed by atoms with Crippen LogP contribution in [0.2, 0.25) is 0 Å². The number of hydrogen-bond acceptors (Lipinski definition) is 2. The molecule has 1 aliphatic rings. The summed E-state index contributed by atoms with van der Waals surface area (Å²) in [7, 11) is 0. The molecule has 0 amide bonds. The number of rotatable bonds is 4. The van der Waals surface area contributed by atoms with Crippen molar-refractivity contribution < 1.29 is 0 Å². The predicted octanol–water partition coefficient (Wildman–Crippen LogP) is 4.17. The molecule has 112 valence electrons. The van der Waals surface area contributed by atoms with Crippen LogP contribution in [0.5, 0.6) is 0 Å². The van der Waals surface area contributed by atoms with Gasteiger partial charge in [-0.15, -0.1) is 0 Å². The van der Waals surface area contributed by atoms with Gasteiger partial charge in [-0.25, -0.2) is 0 Å². The van der Waals surface area contributed by atoms with Gasteiger partial charge in [0.25, 0.3) is 0 Å². The average molecular weight is 283 g/mol. The van der Waals surface area contributed by atoms with E-state index in [2.05, 4.69) is 48.5 Å². The van der Waals surface area contributed by atoms with E-state index in [1.54, 1.807) is 0 Å². The lowest BCUT2D eigenvalue weighted by Gasteiger charge is -2.33. The summed E-state index contributed by atoms with van der Waals surface area (Å²) in [6, 6.07) is 11.4. The van der Waals surface area contributed by atoms with E-state index in [4.69, 9.17) is 0 Å². The molecule has 3 rings (SSSR count). The summed E-state index contributed by atoms with van der Waals surface area (Å²) in [6.07, 6.45) is 7.80. The maximum Gasteiger partial charge on any atom is 0.0659 e. The van der Waals surface area contributed by atoms with Gasteiger partial charge in [0.2, 0.25) is 0 Å². The Morgan fingerprint density at radius 3 is 2.67 bits per heavy atom. The van der Waals surface area contributed by atoms with Crippen LogP contribution in [0, 0.1) is 11.8 Å². The van der Waals surface area contributed by atoms with Crippen LogP contribution in [-0.4, -0.2) is 15.8 Å². The Morgan fingerprint density at radius 2 is 2.00 bits per heavy atom. The first-order valence-electron chi connectivity index (χ1n) is 8.03. The van der Waals surface area contributed by atoms with E-state index in [-0.39, 0.29) is 0 Å². The van der Waals surface area contributed by atoms with Crippen molar-refractivity contribution in [1.29, 1.82) is 0 Å². The summed E-state index contributed by atoms with van der Waals surface area (Å²) >= 11 is 0. The van der Waals surface area contributed by atoms with E-state index in [1.807, 2.05) is 23.1 Å². The lowest BCUT2D eigenvalue weighted by molar-refractivity contribution is 0.276. The van der Waals surface area contributed by atoms with E-state index < -0.39 is 0 Å². The van der Waals surface area contributed by atoms with Crippen LogP contribution in [0.1, 0.15) is 38.7 Å². The fourth-order valence-corrected chi connectivity index (χ4v) is 3.38. The molecule has 0 aliphatic heterocycles. The molecule has 0 radical (unpaired) electrons. The van der Waals surface area contributed by atoms with E-state index in [1.165, 1.54) is 30.5 Å². The first kappa shape index (κ1) is 14.2. The summed E-state index contributed by atoms with van der Waals surface area (Å²) in [5.41, 5.74) is 2.53. The summed E-state index contributed by atoms with van der Waals surface area (Å²) in [5.74, 6) is 1.65. The highest BCUT2D eigenvalue weighted by Gasteiger charge is 2.24. The second kappa shape index (κ2) is 6.33. The average Bonchev–Trinajstić information content (AvgIpc) is 2.97. The molecule has 1 N–H and O–H groups in total. The van der Waals surface area contributed by atoms with Gasteiger partial charge < -0.3 is 5.32 Å². The van der Waals surface area contributed by atoms with Crippen molar-refractivity contribution in [1.82, 2.24) is 9.78 Å². The summed E-state index contributed by atoms with van der Waals surface area (Å²) in [5, 5.41) is 7.96. The third-order valence-electron chi connectivity index (χ3n) is 4.64. The van der Waals surface area contributed by atoms with Crippen LogP contribution in [0.4, 0.5) is 5.69 Å². The molecule has 3 atom stereocenters. The largest absolute Gasteiger partial charge is 0.382 e. The first-order valence-corrected chi connectivity index (χ1v) is 8.03. The third kappa shape index (κ3) is 3.66. The second-order valence-electron chi connectivity index (χ2n) is 6.55. The highest BCUT2D eigenvalue weighted by Crippen LogP contribution is 2.30. The molecule has 1 heterocycles. The monoisotopic (exact) mass is 283 g/mol. The predicted molar refractivity (Wildman–Crippen MR) is 87.4 cm³/mol. The van der Waals surface area contributed by atoms with Gasteiger partial charge in [0.05, 0.1) is 6.54 Å². The molecule has 1 aromatic heterocycles. The van der Waals surface area contributed by atoms with Crippen molar-refractivity contribution in [3.63, 3.8) is 0 Å².